The average Bonchev–Trinajstić information content (AvgIpc) is 3.05. The number of fused-ring (bicyclic) bond motifs is 3. The maximum absolute atomic E-state index is 13.1. The molecule has 1 unspecified atom stereocenters. The lowest BCUT2D eigenvalue weighted by molar-refractivity contribution is -0.683. The summed E-state index contributed by atoms with van der Waals surface area (Å²) in [5.41, 5.74) is 2.13. The van der Waals surface area contributed by atoms with Gasteiger partial charge in [0.1, 0.15) is 11.4 Å². The van der Waals surface area contributed by atoms with Crippen molar-refractivity contribution in [3.8, 4) is 0 Å². The molecule has 0 aromatic carbocycles. The minimum Gasteiger partial charge on any atom is -0.270 e. The number of imidazole rings is 1. The number of amides is 3. The summed E-state index contributed by atoms with van der Waals surface area (Å²) < 4.78 is 4.12. The van der Waals surface area contributed by atoms with Crippen molar-refractivity contribution in [1.29, 1.82) is 0 Å². The molecular weight excluding hydrogens is 318 g/mol. The number of amidine groups is 1. The number of aliphatic imine (C=N–C) groups is 1. The fourth-order valence-electron chi connectivity index (χ4n) is 3.80. The van der Waals surface area contributed by atoms with Crippen LogP contribution in [-0.4, -0.2) is 45.7 Å². The molecular formula is C18H28N5O2+. The molecule has 1 saturated heterocycles. The minimum atomic E-state index is -0.530. The summed E-state index contributed by atoms with van der Waals surface area (Å²) in [6.45, 7) is 10.8. The number of rotatable bonds is 5. The first-order valence-electron chi connectivity index (χ1n) is 9.11. The fourth-order valence-corrected chi connectivity index (χ4v) is 3.80. The van der Waals surface area contributed by atoms with Gasteiger partial charge in [0.25, 0.3) is 5.91 Å². The molecule has 3 amide bonds. The fraction of sp³-hybridized carbons (Fsp3) is 0.667. The number of aromatic nitrogens is 2. The number of urea groups is 1. The first-order chi connectivity index (χ1) is 11.8. The molecule has 7 heteroatoms. The van der Waals surface area contributed by atoms with E-state index in [2.05, 4.69) is 37.3 Å². The van der Waals surface area contributed by atoms with E-state index in [1.54, 1.807) is 7.05 Å². The molecule has 1 aromatic rings. The Morgan fingerprint density at radius 1 is 1.20 bits per heavy atom. The highest BCUT2D eigenvalue weighted by molar-refractivity contribution is 6.19. The largest absolute Gasteiger partial charge is 0.402 e. The van der Waals surface area contributed by atoms with Crippen molar-refractivity contribution >= 4 is 23.7 Å². The van der Waals surface area contributed by atoms with Crippen molar-refractivity contribution in [3.63, 3.8) is 0 Å². The van der Waals surface area contributed by atoms with Crippen LogP contribution >= 0.6 is 0 Å². The summed E-state index contributed by atoms with van der Waals surface area (Å²) in [6, 6.07) is -0.568. The van der Waals surface area contributed by atoms with Crippen molar-refractivity contribution in [1.82, 2.24) is 14.4 Å². The van der Waals surface area contributed by atoms with Crippen LogP contribution in [0.25, 0.3) is 0 Å². The van der Waals surface area contributed by atoms with Crippen LogP contribution in [0, 0.1) is 13.8 Å². The van der Waals surface area contributed by atoms with Crippen molar-refractivity contribution < 1.29 is 14.2 Å². The first kappa shape index (κ1) is 17.6. The summed E-state index contributed by atoms with van der Waals surface area (Å²) in [4.78, 5) is 33.4. The number of hydrogen-bond donors (Lipinski definition) is 0. The summed E-state index contributed by atoms with van der Waals surface area (Å²) >= 11 is 0. The van der Waals surface area contributed by atoms with Crippen LogP contribution in [0.1, 0.15) is 63.5 Å². The molecule has 0 spiro atoms. The van der Waals surface area contributed by atoms with Crippen LogP contribution in [0.3, 0.4) is 0 Å². The van der Waals surface area contributed by atoms with E-state index in [1.165, 1.54) is 9.80 Å². The zero-order valence-electron chi connectivity index (χ0n) is 16.0. The molecule has 7 nitrogen and oxygen atoms in total. The zero-order valence-corrected chi connectivity index (χ0v) is 16.0. The quantitative estimate of drug-likeness (QED) is 0.608. The lowest BCUT2D eigenvalue weighted by Gasteiger charge is -2.33. The molecule has 1 aromatic heterocycles. The van der Waals surface area contributed by atoms with Crippen molar-refractivity contribution in [2.75, 3.05) is 13.6 Å². The van der Waals surface area contributed by atoms with E-state index in [1.807, 2.05) is 11.5 Å². The number of likely N-dealkylation sites (N-methyl/N-ethyl adjacent to an activating group) is 1. The van der Waals surface area contributed by atoms with Gasteiger partial charge in [0.05, 0.1) is 6.04 Å². The molecule has 0 saturated carbocycles. The summed E-state index contributed by atoms with van der Waals surface area (Å²) in [6.07, 6.45) is 2.90. The molecule has 0 radical (unpaired) electrons. The van der Waals surface area contributed by atoms with Crippen LogP contribution in [0.4, 0.5) is 10.7 Å². The lowest BCUT2D eigenvalue weighted by atomic mass is 10.1. The van der Waals surface area contributed by atoms with Crippen molar-refractivity contribution in [2.24, 2.45) is 4.99 Å². The highest BCUT2D eigenvalue weighted by Gasteiger charge is 2.54. The van der Waals surface area contributed by atoms with Crippen LogP contribution < -0.4 is 4.57 Å². The second kappa shape index (κ2) is 6.28. The van der Waals surface area contributed by atoms with Gasteiger partial charge in [-0.3, -0.25) is 14.6 Å². The van der Waals surface area contributed by atoms with Gasteiger partial charge in [-0.2, -0.15) is 0 Å². The standard InChI is InChI=1S/C18H28N5O2/c1-7-8-9-10-21-16(24)14-15(20(6)18(21)25)19-17-22(11(2)3)12(4)13(5)23(14)17/h11,14H,7-10H2,1-6H3/q+1. The van der Waals surface area contributed by atoms with Crippen LogP contribution in [0.15, 0.2) is 4.99 Å². The van der Waals surface area contributed by atoms with E-state index in [0.29, 0.717) is 12.4 Å². The number of hydrogen-bond acceptors (Lipinski definition) is 3. The molecule has 0 N–H and O–H groups in total. The van der Waals surface area contributed by atoms with Gasteiger partial charge in [0, 0.05) is 13.6 Å². The highest BCUT2D eigenvalue weighted by atomic mass is 16.2. The second-order valence-electron chi connectivity index (χ2n) is 7.22. The van der Waals surface area contributed by atoms with E-state index >= 15 is 0 Å². The smallest absolute Gasteiger partial charge is 0.270 e. The second-order valence-corrected chi connectivity index (χ2v) is 7.22. The lowest BCUT2D eigenvalue weighted by Crippen LogP contribution is -2.63. The normalized spacial score (nSPS) is 19.6. The molecule has 3 rings (SSSR count). The van der Waals surface area contributed by atoms with E-state index < -0.39 is 6.04 Å². The van der Waals surface area contributed by atoms with E-state index in [4.69, 9.17) is 0 Å². The van der Waals surface area contributed by atoms with Crippen LogP contribution in [0.5, 0.6) is 0 Å². The number of unbranched alkanes of at least 4 members (excludes halogenated alkanes) is 2. The molecule has 136 valence electrons. The van der Waals surface area contributed by atoms with E-state index in [-0.39, 0.29) is 18.0 Å². The predicted molar refractivity (Wildman–Crippen MR) is 95.0 cm³/mol. The Balaban J connectivity index is 2.05. The van der Waals surface area contributed by atoms with Crippen molar-refractivity contribution in [2.45, 2.75) is 66.0 Å². The molecule has 2 aliphatic heterocycles. The Kier molecular flexibility index (Phi) is 4.43. The van der Waals surface area contributed by atoms with Gasteiger partial charge in [0.15, 0.2) is 0 Å². The van der Waals surface area contributed by atoms with Gasteiger partial charge in [-0.15, -0.1) is 0 Å². The van der Waals surface area contributed by atoms with Gasteiger partial charge in [0.2, 0.25) is 11.9 Å². The number of carbonyl (C=O) groups excluding carboxylic acids is 2. The monoisotopic (exact) mass is 346 g/mol. The third-order valence-corrected chi connectivity index (χ3v) is 5.26. The molecule has 1 atom stereocenters. The summed E-state index contributed by atoms with van der Waals surface area (Å²) in [5.74, 6) is 1.13. The third kappa shape index (κ3) is 2.48. The van der Waals surface area contributed by atoms with E-state index in [0.717, 1.165) is 36.6 Å². The Bertz CT molecular complexity index is 762. The number of imide groups is 1. The van der Waals surface area contributed by atoms with Gasteiger partial charge >= 0.3 is 12.0 Å². The average molecular weight is 346 g/mol. The molecule has 25 heavy (non-hydrogen) atoms. The molecule has 0 aliphatic carbocycles. The van der Waals surface area contributed by atoms with E-state index in [9.17, 15) is 9.59 Å². The summed E-state index contributed by atoms with van der Waals surface area (Å²) in [7, 11) is 1.71. The first-order valence-corrected chi connectivity index (χ1v) is 9.11. The number of carbonyl (C=O) groups is 2. The van der Waals surface area contributed by atoms with Gasteiger partial charge < -0.3 is 0 Å². The van der Waals surface area contributed by atoms with Gasteiger partial charge in [-0.25, -0.2) is 13.9 Å². The molecule has 1 fully saturated rings. The number of nitrogens with zero attached hydrogens (tertiary/aromatic N) is 5. The van der Waals surface area contributed by atoms with Crippen LogP contribution in [0.2, 0.25) is 0 Å². The van der Waals surface area contributed by atoms with Crippen molar-refractivity contribution in [3.05, 3.63) is 11.4 Å². The maximum atomic E-state index is 13.1. The maximum Gasteiger partial charge on any atom is 0.402 e. The van der Waals surface area contributed by atoms with Gasteiger partial charge in [-0.05, 0) is 34.1 Å². The van der Waals surface area contributed by atoms with Crippen LogP contribution in [-0.2, 0) is 4.79 Å². The molecule has 3 heterocycles. The van der Waals surface area contributed by atoms with Gasteiger partial charge in [-0.1, -0.05) is 24.8 Å². The Morgan fingerprint density at radius 2 is 1.88 bits per heavy atom. The molecule has 2 aliphatic rings. The molecule has 0 bridgehead atoms. The highest BCUT2D eigenvalue weighted by Crippen LogP contribution is 2.32. The predicted octanol–water partition coefficient (Wildman–Crippen LogP) is 2.64. The zero-order chi connectivity index (χ0) is 18.5. The summed E-state index contributed by atoms with van der Waals surface area (Å²) in [5, 5.41) is 0. The third-order valence-electron chi connectivity index (χ3n) is 5.26. The SMILES string of the molecule is CCCCCN1C(=O)C2C(=Nc3n(C(C)C)c(C)c(C)[n+]32)N(C)C1=O. The Morgan fingerprint density at radius 3 is 2.48 bits per heavy atom. The Labute approximate surface area is 148 Å². The minimum absolute atomic E-state index is 0.161. The Hall–Kier alpha value is -2.18. The topological polar surface area (TPSA) is 61.8 Å².